The Morgan fingerprint density at radius 1 is 0.491 bits per heavy atom. The van der Waals surface area contributed by atoms with Crippen molar-refractivity contribution in [1.29, 1.82) is 0 Å². The van der Waals surface area contributed by atoms with Gasteiger partial charge in [-0.25, -0.2) is 4.21 Å². The summed E-state index contributed by atoms with van der Waals surface area (Å²) < 4.78 is 9.39. The Bertz CT molecular complexity index is 1510. The van der Waals surface area contributed by atoms with E-state index in [1.807, 2.05) is 72.8 Å². The van der Waals surface area contributed by atoms with Gasteiger partial charge >= 0.3 is 0 Å². The number of halogens is 7. The highest BCUT2D eigenvalue weighted by Crippen LogP contribution is 2.32. The van der Waals surface area contributed by atoms with Crippen LogP contribution >= 0.6 is 92.0 Å². The Kier molecular flexibility index (Phi) is 28.8. The number of benzene rings is 4. The molecule has 0 aliphatic rings. The Labute approximate surface area is 404 Å². The van der Waals surface area contributed by atoms with Crippen molar-refractivity contribution in [3.05, 3.63) is 139 Å². The van der Waals surface area contributed by atoms with Crippen molar-refractivity contribution in [3.63, 3.8) is 0 Å². The largest absolute Gasteiger partial charge is 0.384 e. The van der Waals surface area contributed by atoms with E-state index < -0.39 is 71.2 Å². The first-order valence-electron chi connectivity index (χ1n) is 16.8. The summed E-state index contributed by atoms with van der Waals surface area (Å²) in [7, 11) is 63.8. The third-order valence-electron chi connectivity index (χ3n) is 8.47. The second-order valence-electron chi connectivity index (χ2n) is 12.5. The fourth-order valence-electron chi connectivity index (χ4n) is 5.76. The van der Waals surface area contributed by atoms with Gasteiger partial charge in [0.2, 0.25) is 0 Å². The van der Waals surface area contributed by atoms with Crippen LogP contribution in [0.3, 0.4) is 0 Å². The monoisotopic (exact) mass is 1000 g/mol. The summed E-state index contributed by atoms with van der Waals surface area (Å²) in [4.78, 5) is 0.169. The third kappa shape index (κ3) is 20.8. The molecule has 0 aromatic heterocycles. The average molecular weight is 1000 g/mol. The summed E-state index contributed by atoms with van der Waals surface area (Å²) in [6.07, 6.45) is -7.42. The topological polar surface area (TPSA) is 37.3 Å². The first kappa shape index (κ1) is 56.0. The maximum atomic E-state index is 10.1. The Hall–Kier alpha value is 0.954. The van der Waals surface area contributed by atoms with Crippen molar-refractivity contribution in [3.8, 4) is 0 Å². The van der Waals surface area contributed by atoms with Crippen LogP contribution < -0.4 is 0 Å². The zero-order valence-electron chi connectivity index (χ0n) is 30.4. The van der Waals surface area contributed by atoms with E-state index in [4.69, 9.17) is 132 Å². The molecule has 0 fully saturated rings. The van der Waals surface area contributed by atoms with Crippen molar-refractivity contribution in [2.75, 3.05) is 0 Å². The molecule has 4 aromatic carbocycles. The van der Waals surface area contributed by atoms with Crippen molar-refractivity contribution in [2.45, 2.75) is 10.9 Å². The predicted molar refractivity (Wildman–Crippen MR) is 287 cm³/mol. The van der Waals surface area contributed by atoms with E-state index in [-0.39, 0.29) is 4.83 Å². The molecule has 31 heteroatoms. The lowest BCUT2D eigenvalue weighted by Crippen LogP contribution is -2.81. The van der Waals surface area contributed by atoms with Crippen LogP contribution in [0.2, 0.25) is 20.1 Å². The molecule has 0 spiro atoms. The first-order valence-corrected chi connectivity index (χ1v) is 24.1. The van der Waals surface area contributed by atoms with Crippen LogP contribution in [0.25, 0.3) is 0 Å². The second kappa shape index (κ2) is 29.3. The summed E-state index contributed by atoms with van der Waals surface area (Å²) in [5.74, 6) is 0. The van der Waals surface area contributed by atoms with Gasteiger partial charge in [0.15, 0.2) is 7.67 Å². The number of hydrogen-bond donors (Lipinski definition) is 1. The highest BCUT2D eigenvalue weighted by atomic mass is 79.9. The number of alkyl halides is 1. The molecule has 0 heterocycles. The molecule has 0 saturated carbocycles. The number of aliphatic hydroxyl groups is 1. The van der Waals surface area contributed by atoms with Gasteiger partial charge in [-0.05, 0) is 70.8 Å². The smallest absolute Gasteiger partial charge is 0.158 e. The SMILES string of the molecule is Clc1ccc(C(Br)c2ccc(Cl)cc2)cc1.O=S(Br)Br.OC(c1ccc(Cl)cc1)c1ccc(Cl)cc1.[B][B]B(B([B])[B])B(B(B([B])[B])B([B])[B])B(B([B])[B])B([B])[B]. The molecule has 4 rings (SSSR count). The average Bonchev–Trinajstić information content (AvgIpc) is 3.12. The van der Waals surface area contributed by atoms with Crippen LogP contribution in [-0.2, 0) is 7.67 Å². The van der Waals surface area contributed by atoms with Gasteiger partial charge in [0.25, 0.3) is 0 Å². The molecule has 0 saturated heterocycles. The molecule has 23 radical (unpaired) electrons. The zero-order valence-corrected chi connectivity index (χ0v) is 39.0. The van der Waals surface area contributed by atoms with Gasteiger partial charge in [0.05, 0.1) is 4.83 Å². The van der Waals surface area contributed by atoms with Crippen LogP contribution in [0.15, 0.2) is 97.1 Å². The molecule has 0 bridgehead atoms. The van der Waals surface area contributed by atoms with Gasteiger partial charge < -0.3 is 5.11 Å². The highest BCUT2D eigenvalue weighted by Gasteiger charge is 2.45. The molecule has 0 unspecified atom stereocenters. The summed E-state index contributed by atoms with van der Waals surface area (Å²) in [5, 5.41) is 12.9. The van der Waals surface area contributed by atoms with E-state index in [0.29, 0.717) is 10.0 Å². The van der Waals surface area contributed by atoms with Crippen molar-refractivity contribution in [1.82, 2.24) is 0 Å². The Morgan fingerprint density at radius 2 is 0.719 bits per heavy atom. The minimum Gasteiger partial charge on any atom is -0.384 e. The second-order valence-corrected chi connectivity index (χ2v) is 21.7. The summed E-state index contributed by atoms with van der Waals surface area (Å²) in [6.45, 7) is 0. The number of hydrogen-bond acceptors (Lipinski definition) is 2. The minimum absolute atomic E-state index is 0.169. The molecule has 0 amide bonds. The molecule has 2 nitrogen and oxygen atoms in total. The fourth-order valence-corrected chi connectivity index (χ4v) is 6.88. The molecule has 0 aliphatic heterocycles. The molecule has 0 aliphatic carbocycles. The molecule has 4 aromatic rings. The highest BCUT2D eigenvalue weighted by molar-refractivity contribution is 9.78. The van der Waals surface area contributed by atoms with Gasteiger partial charge in [-0.3, -0.25) is 0 Å². The van der Waals surface area contributed by atoms with Gasteiger partial charge in [0.1, 0.15) is 6.10 Å². The standard InChI is InChI=1S/C13H9BrCl2.C13H10Cl2O.B21.Br2OS/c14-13(9-1-5-11(15)6-2-9)10-3-7-12(16)8-4-10;14-11-5-1-9(2-6-11)13(16)10-3-7-12(15)8-4-10;1-12-18(13(2)3)21(19(14(4)5)15(6)7)20(16(8)9)17(10)11;1-4(2)3/h1-8,13H;1-8,13,16H;;. The fraction of sp³-hybridized carbons (Fsp3) is 0.0769. The third-order valence-corrected chi connectivity index (χ3v) is 10.5. The lowest BCUT2D eigenvalue weighted by molar-refractivity contribution is 0.220. The van der Waals surface area contributed by atoms with Gasteiger partial charge in [0, 0.05) is 199 Å². The molecule has 1 N–H and O–H groups in total. The van der Waals surface area contributed by atoms with Crippen LogP contribution in [0.5, 0.6) is 0 Å². The van der Waals surface area contributed by atoms with Gasteiger partial charge in [-0.1, -0.05) is 111 Å². The number of rotatable bonds is 13. The van der Waals surface area contributed by atoms with Crippen LogP contribution in [0.1, 0.15) is 33.2 Å². The van der Waals surface area contributed by atoms with E-state index in [0.717, 1.165) is 21.2 Å². The molecular formula is C26H19B21Br3Cl4O2S. The van der Waals surface area contributed by atoms with E-state index >= 15 is 0 Å². The van der Waals surface area contributed by atoms with E-state index in [1.165, 1.54) is 18.2 Å². The summed E-state index contributed by atoms with van der Waals surface area (Å²) in [5.41, 5.74) is 3.97. The molecule has 0 atom stereocenters. The molecule has 57 heavy (non-hydrogen) atoms. The quantitative estimate of drug-likeness (QED) is 0.127. The van der Waals surface area contributed by atoms with E-state index in [1.54, 1.807) is 24.3 Å². The Morgan fingerprint density at radius 3 is 0.912 bits per heavy atom. The molecule has 253 valence electrons. The minimum atomic E-state index is -0.986. The van der Waals surface area contributed by atoms with E-state index in [9.17, 15) is 9.32 Å². The van der Waals surface area contributed by atoms with Crippen molar-refractivity contribution < 1.29 is 9.32 Å². The first-order chi connectivity index (χ1) is 26.6. The lowest BCUT2D eigenvalue weighted by atomic mass is 8.38. The van der Waals surface area contributed by atoms with Crippen molar-refractivity contribution >= 4 is 249 Å². The normalized spacial score (nSPS) is 10.0. The Balaban J connectivity index is 0.000000411. The van der Waals surface area contributed by atoms with Gasteiger partial charge in [-0.2, -0.15) is 0 Å². The molecular weight excluding hydrogens is 985 g/mol. The van der Waals surface area contributed by atoms with Gasteiger partial charge in [-0.15, -0.1) is 0 Å². The van der Waals surface area contributed by atoms with Crippen LogP contribution in [-0.4, -0.2) is 159 Å². The maximum absolute atomic E-state index is 10.1. The number of aliphatic hydroxyl groups excluding tert-OH is 1. The predicted octanol–water partition coefficient (Wildman–Crippen LogP) is 2.91. The lowest BCUT2D eigenvalue weighted by Gasteiger charge is -2.43. The van der Waals surface area contributed by atoms with Crippen LogP contribution in [0, 0.1) is 0 Å². The van der Waals surface area contributed by atoms with E-state index in [2.05, 4.69) is 45.6 Å². The van der Waals surface area contributed by atoms with Crippen LogP contribution in [0.4, 0.5) is 0 Å². The summed E-state index contributed by atoms with van der Waals surface area (Å²) >= 11 is 32.2. The maximum Gasteiger partial charge on any atom is 0.158 e. The summed E-state index contributed by atoms with van der Waals surface area (Å²) in [6, 6.07) is 29.9. The van der Waals surface area contributed by atoms with Crippen molar-refractivity contribution in [2.24, 2.45) is 0 Å². The zero-order chi connectivity index (χ0) is 43.6.